The lowest BCUT2D eigenvalue weighted by Crippen LogP contribution is -2.32. The molecule has 0 radical (unpaired) electrons. The molecule has 216 valence electrons. The van der Waals surface area contributed by atoms with E-state index in [0.29, 0.717) is 41.8 Å². The van der Waals surface area contributed by atoms with Crippen LogP contribution in [0.3, 0.4) is 0 Å². The number of hydrogen-bond donors (Lipinski definition) is 2. The maximum atomic E-state index is 13.0. The first-order chi connectivity index (χ1) is 19.1. The van der Waals surface area contributed by atoms with E-state index in [0.717, 1.165) is 42.2 Å². The number of unbranched alkanes of at least 4 members (excludes halogenated alkanes) is 1. The van der Waals surface area contributed by atoms with E-state index in [1.54, 1.807) is 7.05 Å². The number of hydrogen-bond acceptors (Lipinski definition) is 7. The maximum absolute atomic E-state index is 13.0. The Hall–Kier alpha value is -3.44. The zero-order valence-corrected chi connectivity index (χ0v) is 24.2. The molecule has 2 heterocycles. The number of pyridine rings is 1. The molecule has 1 aliphatic carbocycles. The lowest BCUT2D eigenvalue weighted by atomic mass is 10.0. The number of carbonyl (C=O) groups is 2. The molecule has 11 heteroatoms. The summed E-state index contributed by atoms with van der Waals surface area (Å²) in [5.41, 5.74) is 3.20. The summed E-state index contributed by atoms with van der Waals surface area (Å²) < 4.78 is 38.4. The monoisotopic (exact) mass is 571 g/mol. The van der Waals surface area contributed by atoms with Gasteiger partial charge in [-0.2, -0.15) is 4.98 Å². The van der Waals surface area contributed by atoms with Gasteiger partial charge in [-0.25, -0.2) is 8.42 Å². The van der Waals surface area contributed by atoms with E-state index in [1.807, 2.05) is 30.3 Å². The lowest BCUT2D eigenvalue weighted by molar-refractivity contribution is -0.143. The standard InChI is InChI=1S/C29H37N3O7S/c1-5-18-9-11-20(12-10-18)25-24(27(33)30-2)23-16-22(19-13-14-19)26(31-28(23)39-25)32(40(4,36)37)15-7-6-8-21(17-38-3)29(34)35/h9-12,16,19,21H,5-8,13-15,17H2,1-4H3,(H,30,33)(H,34,35)/t21-/m0/s1. The van der Waals surface area contributed by atoms with Crippen molar-refractivity contribution in [3.8, 4) is 11.3 Å². The molecule has 0 bridgehead atoms. The minimum absolute atomic E-state index is 0.102. The second kappa shape index (κ2) is 12.4. The van der Waals surface area contributed by atoms with Gasteiger partial charge in [0.05, 0.1) is 29.7 Å². The average Bonchev–Trinajstić information content (AvgIpc) is 3.70. The van der Waals surface area contributed by atoms with Gasteiger partial charge in [0.1, 0.15) is 11.6 Å². The molecule has 1 saturated carbocycles. The molecule has 0 aliphatic heterocycles. The summed E-state index contributed by atoms with van der Waals surface area (Å²) in [7, 11) is -0.703. The number of ether oxygens (including phenoxy) is 1. The van der Waals surface area contributed by atoms with E-state index in [2.05, 4.69) is 12.2 Å². The molecule has 2 N–H and O–H groups in total. The minimum Gasteiger partial charge on any atom is -0.481 e. The van der Waals surface area contributed by atoms with Gasteiger partial charge in [0.25, 0.3) is 5.91 Å². The number of carboxylic acid groups (broad SMARTS) is 1. The number of carbonyl (C=O) groups excluding carboxylic acids is 1. The third-order valence-electron chi connectivity index (χ3n) is 7.30. The summed E-state index contributed by atoms with van der Waals surface area (Å²) >= 11 is 0. The Morgan fingerprint density at radius 1 is 1.23 bits per heavy atom. The highest BCUT2D eigenvalue weighted by Crippen LogP contribution is 2.46. The number of carboxylic acids is 1. The number of nitrogens with zero attached hydrogens (tertiary/aromatic N) is 2. The summed E-state index contributed by atoms with van der Waals surface area (Å²) in [6.45, 7) is 2.31. The van der Waals surface area contributed by atoms with Crippen molar-refractivity contribution in [2.24, 2.45) is 5.92 Å². The summed E-state index contributed by atoms with van der Waals surface area (Å²) in [4.78, 5) is 29.2. The van der Waals surface area contributed by atoms with E-state index < -0.39 is 21.9 Å². The van der Waals surface area contributed by atoms with Crippen LogP contribution in [0.5, 0.6) is 0 Å². The number of aromatic nitrogens is 1. The molecule has 3 aromatic rings. The van der Waals surface area contributed by atoms with E-state index >= 15 is 0 Å². The van der Waals surface area contributed by atoms with Gasteiger partial charge < -0.3 is 19.6 Å². The van der Waals surface area contributed by atoms with Crippen molar-refractivity contribution >= 4 is 38.8 Å². The Kier molecular flexibility index (Phi) is 9.15. The van der Waals surface area contributed by atoms with Crippen LogP contribution in [-0.2, 0) is 26.0 Å². The number of aliphatic carboxylic acids is 1. The first-order valence-corrected chi connectivity index (χ1v) is 15.4. The van der Waals surface area contributed by atoms with Gasteiger partial charge in [0.2, 0.25) is 15.7 Å². The highest BCUT2D eigenvalue weighted by molar-refractivity contribution is 7.92. The molecule has 0 spiro atoms. The molecule has 0 saturated heterocycles. The SMILES string of the molecule is CCc1ccc(-c2oc3nc(N(CCCC[C@@H](COC)C(=O)O)S(C)(=O)=O)c(C4CC4)cc3c2C(=O)NC)cc1. The lowest BCUT2D eigenvalue weighted by Gasteiger charge is -2.24. The first kappa shape index (κ1) is 29.5. The Labute approximate surface area is 234 Å². The molecule has 1 atom stereocenters. The average molecular weight is 572 g/mol. The predicted molar refractivity (Wildman–Crippen MR) is 153 cm³/mol. The predicted octanol–water partition coefficient (Wildman–Crippen LogP) is 4.58. The maximum Gasteiger partial charge on any atom is 0.308 e. The quantitative estimate of drug-likeness (QED) is 0.268. The van der Waals surface area contributed by atoms with Crippen molar-refractivity contribution in [3.05, 3.63) is 47.0 Å². The molecule has 40 heavy (non-hydrogen) atoms. The summed E-state index contributed by atoms with van der Waals surface area (Å²) in [5.74, 6) is -1.08. The highest BCUT2D eigenvalue weighted by atomic mass is 32.2. The second-order valence-corrected chi connectivity index (χ2v) is 12.2. The zero-order chi connectivity index (χ0) is 29.0. The van der Waals surface area contributed by atoms with Gasteiger partial charge in [-0.05, 0) is 55.2 Å². The first-order valence-electron chi connectivity index (χ1n) is 13.6. The topological polar surface area (TPSA) is 139 Å². The number of methoxy groups -OCH3 is 1. The number of sulfonamides is 1. The summed E-state index contributed by atoms with van der Waals surface area (Å²) in [6, 6.07) is 9.63. The van der Waals surface area contributed by atoms with Crippen LogP contribution < -0.4 is 9.62 Å². The molecule has 10 nitrogen and oxygen atoms in total. The van der Waals surface area contributed by atoms with Crippen molar-refractivity contribution < 1.29 is 32.3 Å². The van der Waals surface area contributed by atoms with Gasteiger partial charge in [0.15, 0.2) is 0 Å². The Bertz CT molecular complexity index is 1480. The Morgan fingerprint density at radius 3 is 2.48 bits per heavy atom. The smallest absolute Gasteiger partial charge is 0.308 e. The van der Waals surface area contributed by atoms with Gasteiger partial charge in [-0.3, -0.25) is 13.9 Å². The second-order valence-electron chi connectivity index (χ2n) is 10.3. The van der Waals surface area contributed by atoms with E-state index in [-0.39, 0.29) is 30.7 Å². The molecule has 1 aromatic carbocycles. The van der Waals surface area contributed by atoms with Gasteiger partial charge in [0, 0.05) is 26.3 Å². The number of aryl methyl sites for hydroxylation is 1. The highest BCUT2D eigenvalue weighted by Gasteiger charge is 2.34. The molecule has 0 unspecified atom stereocenters. The number of benzene rings is 1. The number of fused-ring (bicyclic) bond motifs is 1. The van der Waals surface area contributed by atoms with Crippen LogP contribution in [0.25, 0.3) is 22.4 Å². The third kappa shape index (κ3) is 6.47. The fourth-order valence-electron chi connectivity index (χ4n) is 4.92. The van der Waals surface area contributed by atoms with Crippen LogP contribution in [0, 0.1) is 5.92 Å². The van der Waals surface area contributed by atoms with Crippen LogP contribution in [0.4, 0.5) is 5.82 Å². The van der Waals surface area contributed by atoms with E-state index in [9.17, 15) is 23.1 Å². The fraction of sp³-hybridized carbons (Fsp3) is 0.483. The largest absolute Gasteiger partial charge is 0.481 e. The zero-order valence-electron chi connectivity index (χ0n) is 23.4. The minimum atomic E-state index is -3.72. The number of nitrogens with one attached hydrogen (secondary N) is 1. The summed E-state index contributed by atoms with van der Waals surface area (Å²) in [6.07, 6.45) is 5.13. The van der Waals surface area contributed by atoms with Crippen LogP contribution in [0.1, 0.15) is 66.4 Å². The van der Waals surface area contributed by atoms with Gasteiger partial charge in [-0.1, -0.05) is 37.6 Å². The molecule has 4 rings (SSSR count). The summed E-state index contributed by atoms with van der Waals surface area (Å²) in [5, 5.41) is 12.6. The van der Waals surface area contributed by atoms with Gasteiger partial charge >= 0.3 is 5.97 Å². The third-order valence-corrected chi connectivity index (χ3v) is 8.46. The van der Waals surface area contributed by atoms with Crippen LogP contribution in [0.15, 0.2) is 34.7 Å². The van der Waals surface area contributed by atoms with E-state index in [1.165, 1.54) is 11.4 Å². The van der Waals surface area contributed by atoms with Crippen molar-refractivity contribution in [2.45, 2.75) is 51.4 Å². The van der Waals surface area contributed by atoms with Crippen molar-refractivity contribution in [2.75, 3.05) is 37.9 Å². The number of rotatable bonds is 14. The molecule has 2 aromatic heterocycles. The number of furan rings is 1. The number of anilines is 1. The molecule has 1 aliphatic rings. The van der Waals surface area contributed by atoms with Crippen molar-refractivity contribution in [1.82, 2.24) is 10.3 Å². The van der Waals surface area contributed by atoms with Crippen LogP contribution >= 0.6 is 0 Å². The molecular weight excluding hydrogens is 534 g/mol. The normalized spacial score (nSPS) is 14.3. The Morgan fingerprint density at radius 2 is 1.93 bits per heavy atom. The molecule has 1 amide bonds. The van der Waals surface area contributed by atoms with Crippen molar-refractivity contribution in [3.63, 3.8) is 0 Å². The van der Waals surface area contributed by atoms with Crippen molar-refractivity contribution in [1.29, 1.82) is 0 Å². The number of amides is 1. The van der Waals surface area contributed by atoms with Gasteiger partial charge in [-0.15, -0.1) is 0 Å². The van der Waals surface area contributed by atoms with E-state index in [4.69, 9.17) is 14.1 Å². The Balaban J connectivity index is 1.75. The van der Waals surface area contributed by atoms with Crippen LogP contribution in [-0.4, -0.2) is 63.9 Å². The molecule has 1 fully saturated rings. The molecular formula is C29H37N3O7S. The van der Waals surface area contributed by atoms with Crippen LogP contribution in [0.2, 0.25) is 0 Å². The fourth-order valence-corrected chi connectivity index (χ4v) is 5.85.